The van der Waals surface area contributed by atoms with Crippen molar-refractivity contribution in [3.63, 3.8) is 0 Å². The van der Waals surface area contributed by atoms with E-state index in [1.165, 1.54) is 11.3 Å². The molecule has 0 aliphatic rings. The van der Waals surface area contributed by atoms with Gasteiger partial charge in [-0.2, -0.15) is 0 Å². The third-order valence-corrected chi connectivity index (χ3v) is 5.16. The first-order chi connectivity index (χ1) is 13.8. The van der Waals surface area contributed by atoms with E-state index in [4.69, 9.17) is 4.74 Å². The van der Waals surface area contributed by atoms with Crippen LogP contribution >= 0.6 is 11.3 Å². The van der Waals surface area contributed by atoms with E-state index in [1.807, 2.05) is 60.1 Å². The second kappa shape index (κ2) is 8.69. The standard InChI is InChI=1S/C21H20N4O2S/c26-21(24-11-12-27-14-15-4-2-1-3-5-15)19-18(8-13-28-19)25-17-7-10-23-20-16(17)6-9-22-20/h1-10,13H,11-12,14H2,(H,24,26)(H2,22,23,25). The Bertz CT molecular complexity index is 1060. The van der Waals surface area contributed by atoms with E-state index in [2.05, 4.69) is 20.6 Å². The molecule has 3 N–H and O–H groups in total. The summed E-state index contributed by atoms with van der Waals surface area (Å²) in [6, 6.07) is 15.7. The number of H-pyrrole nitrogens is 1. The molecule has 0 unspecified atom stereocenters. The van der Waals surface area contributed by atoms with Crippen LogP contribution in [0.4, 0.5) is 11.4 Å². The number of carbonyl (C=O) groups is 1. The number of rotatable bonds is 8. The molecule has 3 aromatic heterocycles. The second-order valence-corrected chi connectivity index (χ2v) is 7.10. The minimum absolute atomic E-state index is 0.111. The van der Waals surface area contributed by atoms with E-state index in [0.29, 0.717) is 24.6 Å². The van der Waals surface area contributed by atoms with Crippen LogP contribution in [-0.4, -0.2) is 29.0 Å². The largest absolute Gasteiger partial charge is 0.375 e. The van der Waals surface area contributed by atoms with Crippen LogP contribution in [0.15, 0.2) is 66.3 Å². The molecule has 1 amide bonds. The number of amides is 1. The molecule has 0 radical (unpaired) electrons. The topological polar surface area (TPSA) is 79.0 Å². The van der Waals surface area contributed by atoms with E-state index in [1.54, 1.807) is 6.20 Å². The summed E-state index contributed by atoms with van der Waals surface area (Å²) in [7, 11) is 0. The number of hydrogen-bond acceptors (Lipinski definition) is 5. The van der Waals surface area contributed by atoms with Crippen LogP contribution in [0.1, 0.15) is 15.2 Å². The fourth-order valence-electron chi connectivity index (χ4n) is 2.88. The van der Waals surface area contributed by atoms with Gasteiger partial charge in [0.1, 0.15) is 10.5 Å². The van der Waals surface area contributed by atoms with Crippen molar-refractivity contribution >= 4 is 39.7 Å². The van der Waals surface area contributed by atoms with E-state index < -0.39 is 0 Å². The van der Waals surface area contributed by atoms with Gasteiger partial charge in [-0.1, -0.05) is 30.3 Å². The molecule has 0 bridgehead atoms. The molecule has 0 aliphatic heterocycles. The van der Waals surface area contributed by atoms with Crippen molar-refractivity contribution in [1.29, 1.82) is 0 Å². The summed E-state index contributed by atoms with van der Waals surface area (Å²) in [6.45, 7) is 1.46. The number of nitrogens with one attached hydrogen (secondary N) is 3. The number of aromatic nitrogens is 2. The normalized spacial score (nSPS) is 10.9. The van der Waals surface area contributed by atoms with Crippen LogP contribution < -0.4 is 10.6 Å². The third-order valence-electron chi connectivity index (χ3n) is 4.24. The summed E-state index contributed by atoms with van der Waals surface area (Å²) < 4.78 is 5.62. The lowest BCUT2D eigenvalue weighted by molar-refractivity contribution is 0.0905. The van der Waals surface area contributed by atoms with Crippen LogP contribution in [0.25, 0.3) is 11.0 Å². The molecule has 28 heavy (non-hydrogen) atoms. The summed E-state index contributed by atoms with van der Waals surface area (Å²) in [5.41, 5.74) is 3.61. The fraction of sp³-hybridized carbons (Fsp3) is 0.143. The Morgan fingerprint density at radius 1 is 1.11 bits per heavy atom. The maximum Gasteiger partial charge on any atom is 0.263 e. The van der Waals surface area contributed by atoms with Gasteiger partial charge in [0, 0.05) is 24.3 Å². The zero-order valence-corrected chi connectivity index (χ0v) is 16.0. The van der Waals surface area contributed by atoms with Gasteiger partial charge in [0.25, 0.3) is 5.91 Å². The van der Waals surface area contributed by atoms with Crippen molar-refractivity contribution in [2.24, 2.45) is 0 Å². The first-order valence-electron chi connectivity index (χ1n) is 8.98. The van der Waals surface area contributed by atoms with Crippen molar-refractivity contribution in [2.75, 3.05) is 18.5 Å². The molecule has 0 atom stereocenters. The average Bonchev–Trinajstić information content (AvgIpc) is 3.38. The zero-order valence-electron chi connectivity index (χ0n) is 15.1. The highest BCUT2D eigenvalue weighted by molar-refractivity contribution is 7.12. The molecule has 0 saturated carbocycles. The monoisotopic (exact) mass is 392 g/mol. The first kappa shape index (κ1) is 18.2. The molecule has 7 heteroatoms. The number of aromatic amines is 1. The molecule has 4 aromatic rings. The molecule has 0 saturated heterocycles. The predicted octanol–water partition coefficient (Wildman–Crippen LogP) is 4.31. The molecular formula is C21H20N4O2S. The molecule has 0 aliphatic carbocycles. The molecule has 3 heterocycles. The Kier molecular flexibility index (Phi) is 5.65. The van der Waals surface area contributed by atoms with Crippen molar-refractivity contribution in [3.8, 4) is 0 Å². The van der Waals surface area contributed by atoms with Gasteiger partial charge >= 0.3 is 0 Å². The minimum Gasteiger partial charge on any atom is -0.375 e. The van der Waals surface area contributed by atoms with E-state index in [0.717, 1.165) is 28.0 Å². The Morgan fingerprint density at radius 3 is 2.89 bits per heavy atom. The molecule has 0 fully saturated rings. The van der Waals surface area contributed by atoms with E-state index in [9.17, 15) is 4.79 Å². The first-order valence-corrected chi connectivity index (χ1v) is 9.86. The van der Waals surface area contributed by atoms with E-state index >= 15 is 0 Å². The SMILES string of the molecule is O=C(NCCOCc1ccccc1)c1sccc1Nc1ccnc2[nH]ccc12. The molecule has 142 valence electrons. The molecule has 1 aromatic carbocycles. The highest BCUT2D eigenvalue weighted by atomic mass is 32.1. The van der Waals surface area contributed by atoms with Crippen LogP contribution in [0, 0.1) is 0 Å². The lowest BCUT2D eigenvalue weighted by atomic mass is 10.2. The number of fused-ring (bicyclic) bond motifs is 1. The van der Waals surface area contributed by atoms with Gasteiger partial charge in [0.05, 0.1) is 24.6 Å². The highest BCUT2D eigenvalue weighted by Gasteiger charge is 2.14. The Balaban J connectivity index is 1.32. The maximum atomic E-state index is 12.5. The second-order valence-electron chi connectivity index (χ2n) is 6.18. The number of anilines is 2. The summed E-state index contributed by atoms with van der Waals surface area (Å²) in [5.74, 6) is -0.111. The number of nitrogens with zero attached hydrogens (tertiary/aromatic N) is 1. The Labute approximate surface area is 166 Å². The summed E-state index contributed by atoms with van der Waals surface area (Å²) >= 11 is 1.41. The molecular weight excluding hydrogens is 372 g/mol. The van der Waals surface area contributed by atoms with Crippen molar-refractivity contribution in [3.05, 3.63) is 76.7 Å². The third kappa shape index (κ3) is 4.21. The molecule has 4 rings (SSSR count). The van der Waals surface area contributed by atoms with Gasteiger partial charge in [-0.25, -0.2) is 4.98 Å². The minimum atomic E-state index is -0.111. The molecule has 0 spiro atoms. The van der Waals surface area contributed by atoms with Gasteiger partial charge in [-0.05, 0) is 29.1 Å². The number of pyridine rings is 1. The van der Waals surface area contributed by atoms with Crippen molar-refractivity contribution in [2.45, 2.75) is 6.61 Å². The highest BCUT2D eigenvalue weighted by Crippen LogP contribution is 2.29. The smallest absolute Gasteiger partial charge is 0.263 e. The zero-order chi connectivity index (χ0) is 19.2. The maximum absolute atomic E-state index is 12.5. The van der Waals surface area contributed by atoms with Crippen LogP contribution in [0.2, 0.25) is 0 Å². The molecule has 6 nitrogen and oxygen atoms in total. The van der Waals surface area contributed by atoms with Crippen LogP contribution in [0.5, 0.6) is 0 Å². The van der Waals surface area contributed by atoms with Gasteiger partial charge in [0.15, 0.2) is 0 Å². The summed E-state index contributed by atoms with van der Waals surface area (Å²) in [5, 5.41) is 9.14. The quantitative estimate of drug-likeness (QED) is 0.390. The number of hydrogen-bond donors (Lipinski definition) is 3. The van der Waals surface area contributed by atoms with Gasteiger partial charge in [-0.3, -0.25) is 4.79 Å². The fourth-order valence-corrected chi connectivity index (χ4v) is 3.65. The van der Waals surface area contributed by atoms with Crippen LogP contribution in [-0.2, 0) is 11.3 Å². The van der Waals surface area contributed by atoms with Crippen molar-refractivity contribution in [1.82, 2.24) is 15.3 Å². The van der Waals surface area contributed by atoms with Gasteiger partial charge < -0.3 is 20.4 Å². The van der Waals surface area contributed by atoms with Crippen LogP contribution in [0.3, 0.4) is 0 Å². The average molecular weight is 392 g/mol. The predicted molar refractivity (Wildman–Crippen MR) is 112 cm³/mol. The number of benzene rings is 1. The Morgan fingerprint density at radius 2 is 2.00 bits per heavy atom. The van der Waals surface area contributed by atoms with Gasteiger partial charge in [-0.15, -0.1) is 11.3 Å². The van der Waals surface area contributed by atoms with E-state index in [-0.39, 0.29) is 5.91 Å². The number of ether oxygens (including phenoxy) is 1. The number of thiophene rings is 1. The lowest BCUT2D eigenvalue weighted by Crippen LogP contribution is -2.27. The Hall–Kier alpha value is -3.16. The van der Waals surface area contributed by atoms with Gasteiger partial charge in [0.2, 0.25) is 0 Å². The summed E-state index contributed by atoms with van der Waals surface area (Å²) in [4.78, 5) is 20.6. The summed E-state index contributed by atoms with van der Waals surface area (Å²) in [6.07, 6.45) is 3.58. The van der Waals surface area contributed by atoms with Crippen molar-refractivity contribution < 1.29 is 9.53 Å². The number of carbonyl (C=O) groups excluding carboxylic acids is 1. The lowest BCUT2D eigenvalue weighted by Gasteiger charge is -2.10.